The predicted molar refractivity (Wildman–Crippen MR) is 271 cm³/mol. The van der Waals surface area contributed by atoms with Gasteiger partial charge in [0.15, 0.2) is 23.0 Å². The molecule has 69 heavy (non-hydrogen) atoms. The summed E-state index contributed by atoms with van der Waals surface area (Å²) in [7, 11) is 0. The lowest BCUT2D eigenvalue weighted by Crippen LogP contribution is -2.13. The maximum atomic E-state index is 13.3. The van der Waals surface area contributed by atoms with E-state index in [1.165, 1.54) is 0 Å². The van der Waals surface area contributed by atoms with Gasteiger partial charge in [-0.3, -0.25) is 0 Å². The van der Waals surface area contributed by atoms with Crippen molar-refractivity contribution in [3.63, 3.8) is 0 Å². The van der Waals surface area contributed by atoms with Crippen molar-refractivity contribution >= 4 is 23.3 Å². The van der Waals surface area contributed by atoms with E-state index in [9.17, 15) is 20.1 Å². The van der Waals surface area contributed by atoms with Gasteiger partial charge in [0.25, 0.3) is 0 Å². The SMILES string of the molecule is CCCCCCOc1ccc(C(=O)Oc2ccc(C#Cc3sc(C#Cc4ccc(OC(=O)c5ccc(OC[C@@H](C)CC)c(OC[C@@H](C)CC)c5)cc4)c(C#N)c3C#N)cc2)cc1OCCCCCC. The van der Waals surface area contributed by atoms with Crippen molar-refractivity contribution in [2.75, 3.05) is 26.4 Å². The minimum Gasteiger partial charge on any atom is -0.490 e. The molecule has 0 aliphatic rings. The van der Waals surface area contributed by atoms with Gasteiger partial charge in [-0.15, -0.1) is 11.3 Å². The van der Waals surface area contributed by atoms with Crippen molar-refractivity contribution in [3.05, 3.63) is 128 Å². The number of carbonyl (C=O) groups excluding carboxylic acids is 2. The van der Waals surface area contributed by atoms with E-state index in [1.54, 1.807) is 84.9 Å². The van der Waals surface area contributed by atoms with Crippen LogP contribution in [0.1, 0.15) is 158 Å². The van der Waals surface area contributed by atoms with Crippen molar-refractivity contribution in [3.8, 4) is 70.3 Å². The van der Waals surface area contributed by atoms with E-state index in [2.05, 4.69) is 77.4 Å². The molecule has 4 aromatic carbocycles. The first-order valence-corrected chi connectivity index (χ1v) is 24.9. The van der Waals surface area contributed by atoms with Crippen LogP contribution in [0.5, 0.6) is 34.5 Å². The van der Waals surface area contributed by atoms with Crippen LogP contribution in [0.3, 0.4) is 0 Å². The molecule has 0 N–H and O–H groups in total. The molecule has 0 aliphatic heterocycles. The number of benzene rings is 4. The van der Waals surface area contributed by atoms with Gasteiger partial charge in [-0.1, -0.05) is 105 Å². The van der Waals surface area contributed by atoms with Gasteiger partial charge in [-0.05, 0) is 121 Å². The average Bonchev–Trinajstić information content (AvgIpc) is 3.73. The Bertz CT molecular complexity index is 2690. The summed E-state index contributed by atoms with van der Waals surface area (Å²) in [5.74, 6) is 14.6. The summed E-state index contributed by atoms with van der Waals surface area (Å²) < 4.78 is 35.7. The van der Waals surface area contributed by atoms with Crippen molar-refractivity contribution in [2.24, 2.45) is 11.8 Å². The Morgan fingerprint density at radius 1 is 0.507 bits per heavy atom. The van der Waals surface area contributed by atoms with Crippen molar-refractivity contribution in [1.82, 2.24) is 0 Å². The summed E-state index contributed by atoms with van der Waals surface area (Å²) in [6, 6.07) is 27.8. The van der Waals surface area contributed by atoms with Gasteiger partial charge in [0.05, 0.1) is 58.4 Å². The molecule has 1 aromatic heterocycles. The van der Waals surface area contributed by atoms with E-state index in [1.807, 2.05) is 0 Å². The molecule has 0 saturated carbocycles. The number of carbonyl (C=O) groups is 2. The molecule has 0 fully saturated rings. The molecule has 10 nitrogen and oxygen atoms in total. The molecular formula is C58H62N2O8S. The van der Waals surface area contributed by atoms with Gasteiger partial charge in [0, 0.05) is 11.1 Å². The second kappa shape index (κ2) is 28.2. The summed E-state index contributed by atoms with van der Waals surface area (Å²) in [6.45, 7) is 14.9. The zero-order valence-electron chi connectivity index (χ0n) is 40.7. The Hall–Kier alpha value is -7.18. The van der Waals surface area contributed by atoms with Gasteiger partial charge < -0.3 is 28.4 Å². The third-order valence-corrected chi connectivity index (χ3v) is 12.2. The Balaban J connectivity index is 1.23. The third-order valence-electron chi connectivity index (χ3n) is 11.2. The highest BCUT2D eigenvalue weighted by molar-refractivity contribution is 7.13. The van der Waals surface area contributed by atoms with E-state index in [0.717, 1.165) is 75.5 Å². The van der Waals surface area contributed by atoms with Gasteiger partial charge >= 0.3 is 11.9 Å². The largest absolute Gasteiger partial charge is 0.490 e. The van der Waals surface area contributed by atoms with Crippen LogP contribution in [-0.2, 0) is 0 Å². The maximum Gasteiger partial charge on any atom is 0.343 e. The van der Waals surface area contributed by atoms with Crippen LogP contribution in [0, 0.1) is 58.2 Å². The molecule has 1 heterocycles. The number of unbranched alkanes of at least 4 members (excludes halogenated alkanes) is 6. The molecule has 0 amide bonds. The van der Waals surface area contributed by atoms with Gasteiger partial charge in [0.2, 0.25) is 0 Å². The zero-order valence-corrected chi connectivity index (χ0v) is 41.5. The smallest absolute Gasteiger partial charge is 0.343 e. The summed E-state index contributed by atoms with van der Waals surface area (Å²) in [5, 5.41) is 20.0. The molecule has 2 atom stereocenters. The predicted octanol–water partition coefficient (Wildman–Crippen LogP) is 13.5. The highest BCUT2D eigenvalue weighted by atomic mass is 32.1. The molecule has 0 unspecified atom stereocenters. The topological polar surface area (TPSA) is 137 Å². The number of hydrogen-bond donors (Lipinski definition) is 0. The second-order valence-electron chi connectivity index (χ2n) is 16.9. The lowest BCUT2D eigenvalue weighted by molar-refractivity contribution is 0.0724. The lowest BCUT2D eigenvalue weighted by Gasteiger charge is -2.17. The number of nitriles is 2. The fourth-order valence-electron chi connectivity index (χ4n) is 6.48. The van der Waals surface area contributed by atoms with Crippen LogP contribution in [0.2, 0.25) is 0 Å². The van der Waals surface area contributed by atoms with Crippen LogP contribution >= 0.6 is 11.3 Å². The minimum absolute atomic E-state index is 0.146. The van der Waals surface area contributed by atoms with E-state index in [0.29, 0.717) is 105 Å². The molecule has 0 spiro atoms. The fourth-order valence-corrected chi connectivity index (χ4v) is 7.39. The Morgan fingerprint density at radius 3 is 1.33 bits per heavy atom. The minimum atomic E-state index is -0.547. The zero-order chi connectivity index (χ0) is 49.4. The first-order valence-electron chi connectivity index (χ1n) is 24.0. The second-order valence-corrected chi connectivity index (χ2v) is 17.9. The highest BCUT2D eigenvalue weighted by Crippen LogP contribution is 2.32. The van der Waals surface area contributed by atoms with Crippen LogP contribution in [0.15, 0.2) is 84.9 Å². The fraction of sp³-hybridized carbons (Fsp3) is 0.379. The Morgan fingerprint density at radius 2 is 0.913 bits per heavy atom. The molecule has 0 aliphatic carbocycles. The quantitative estimate of drug-likeness (QED) is 0.0254. The summed E-state index contributed by atoms with van der Waals surface area (Å²) >= 11 is 1.15. The van der Waals surface area contributed by atoms with Crippen molar-refractivity contribution in [2.45, 2.75) is 106 Å². The van der Waals surface area contributed by atoms with Crippen LogP contribution in [0.25, 0.3) is 0 Å². The number of nitrogens with zero attached hydrogens (tertiary/aromatic N) is 2. The van der Waals surface area contributed by atoms with E-state index in [-0.39, 0.29) is 11.1 Å². The van der Waals surface area contributed by atoms with Gasteiger partial charge in [-0.2, -0.15) is 10.5 Å². The average molecular weight is 947 g/mol. The molecule has 0 bridgehead atoms. The molecule has 0 saturated heterocycles. The molecular weight excluding hydrogens is 885 g/mol. The van der Waals surface area contributed by atoms with Crippen LogP contribution in [0.4, 0.5) is 0 Å². The van der Waals surface area contributed by atoms with E-state index < -0.39 is 11.9 Å². The van der Waals surface area contributed by atoms with E-state index in [4.69, 9.17) is 28.4 Å². The molecule has 0 radical (unpaired) electrons. The normalized spacial score (nSPS) is 11.3. The van der Waals surface area contributed by atoms with E-state index >= 15 is 0 Å². The maximum absolute atomic E-state index is 13.3. The molecule has 5 aromatic rings. The van der Waals surface area contributed by atoms with Crippen LogP contribution < -0.4 is 28.4 Å². The van der Waals surface area contributed by atoms with Crippen molar-refractivity contribution in [1.29, 1.82) is 10.5 Å². The first-order chi connectivity index (χ1) is 33.6. The molecule has 5 rings (SSSR count). The highest BCUT2D eigenvalue weighted by Gasteiger charge is 2.19. The number of rotatable bonds is 24. The standard InChI is InChI=1S/C58H62N2O8S/c1-7-11-13-15-33-63-51-29-23-45(35-53(51)64-34-16-14-12-8-2)57(61)67-47-25-17-43(18-26-47)21-31-55-49(37-59)50(38-60)56(69-55)32-22-44-19-27-48(28-20-44)68-58(62)46-24-30-52(65-39-41(5)9-3)54(36-46)66-40-42(6)10-4/h17-20,23-30,35-36,41-42H,7-16,33-34,39-40H2,1-6H3/t41-,42-/m0/s1. The molecule has 11 heteroatoms. The monoisotopic (exact) mass is 946 g/mol. The number of thiophene rings is 1. The Kier molecular flexibility index (Phi) is 21.6. The molecule has 358 valence electrons. The third kappa shape index (κ3) is 16.5. The number of ether oxygens (including phenoxy) is 6. The number of hydrogen-bond acceptors (Lipinski definition) is 11. The van der Waals surface area contributed by atoms with Crippen LogP contribution in [-0.4, -0.2) is 38.4 Å². The lowest BCUT2D eigenvalue weighted by atomic mass is 10.1. The van der Waals surface area contributed by atoms with Gasteiger partial charge in [-0.25, -0.2) is 9.59 Å². The number of esters is 2. The Labute approximate surface area is 412 Å². The summed E-state index contributed by atoms with van der Waals surface area (Å²) in [4.78, 5) is 27.3. The van der Waals surface area contributed by atoms with Gasteiger partial charge in [0.1, 0.15) is 23.6 Å². The summed E-state index contributed by atoms with van der Waals surface area (Å²) in [6.07, 6.45) is 10.5. The first kappa shape index (κ1) is 52.8. The van der Waals surface area contributed by atoms with Crippen molar-refractivity contribution < 1.29 is 38.0 Å². The summed E-state index contributed by atoms with van der Waals surface area (Å²) in [5.41, 5.74) is 2.17.